The summed E-state index contributed by atoms with van der Waals surface area (Å²) < 4.78 is 0. The van der Waals surface area contributed by atoms with Crippen molar-refractivity contribution in [2.75, 3.05) is 6.54 Å². The third-order valence-electron chi connectivity index (χ3n) is 2.30. The lowest BCUT2D eigenvalue weighted by Crippen LogP contribution is -2.28. The first-order valence-electron chi connectivity index (χ1n) is 4.84. The molecule has 0 saturated heterocycles. The van der Waals surface area contributed by atoms with Gasteiger partial charge in [-0.3, -0.25) is 4.99 Å². The maximum atomic E-state index is 6.13. The van der Waals surface area contributed by atoms with Gasteiger partial charge in [-0.1, -0.05) is 43.1 Å². The number of benzene rings is 1. The van der Waals surface area contributed by atoms with Gasteiger partial charge in [-0.2, -0.15) is 0 Å². The Hall–Kier alpha value is -0.200. The van der Waals surface area contributed by atoms with Crippen LogP contribution in [0.3, 0.4) is 0 Å². The predicted molar refractivity (Wildman–Crippen MR) is 85.6 cm³/mol. The lowest BCUT2D eigenvalue weighted by Gasteiger charge is -2.25. The zero-order valence-corrected chi connectivity index (χ0v) is 13.5. The number of aliphatic imine (C=N–C) groups is 1. The second kappa shape index (κ2) is 6.66. The zero-order valence-electron chi connectivity index (χ0n) is 9.71. The van der Waals surface area contributed by atoms with E-state index in [1.807, 2.05) is 19.9 Å². The molecule has 0 heterocycles. The average molecular weight is 388 g/mol. The number of rotatable bonds is 3. The standard InChI is InChI=1S/C11H15Cl2N3.HI/c1-11(2,6-16-10(14)15)9-7(12)4-3-5-8(9)13;/h3-5H,6H2,1-2H3,(H4,14,15,16);1H. The maximum absolute atomic E-state index is 6.13. The van der Waals surface area contributed by atoms with Crippen LogP contribution < -0.4 is 11.5 Å². The van der Waals surface area contributed by atoms with E-state index in [0.717, 1.165) is 5.56 Å². The molecule has 0 amide bonds. The van der Waals surface area contributed by atoms with Crippen molar-refractivity contribution in [1.29, 1.82) is 0 Å². The van der Waals surface area contributed by atoms with Gasteiger partial charge in [0.15, 0.2) is 5.96 Å². The quantitative estimate of drug-likeness (QED) is 0.475. The minimum absolute atomic E-state index is 0. The Kier molecular flexibility index (Phi) is 6.58. The summed E-state index contributed by atoms with van der Waals surface area (Å²) in [4.78, 5) is 4.01. The van der Waals surface area contributed by atoms with E-state index in [1.165, 1.54) is 0 Å². The van der Waals surface area contributed by atoms with Crippen LogP contribution in [0.15, 0.2) is 23.2 Å². The topological polar surface area (TPSA) is 64.4 Å². The minimum Gasteiger partial charge on any atom is -0.370 e. The number of halogens is 3. The van der Waals surface area contributed by atoms with Gasteiger partial charge >= 0.3 is 0 Å². The maximum Gasteiger partial charge on any atom is 0.185 e. The molecule has 0 fully saturated rings. The molecule has 0 saturated carbocycles. The van der Waals surface area contributed by atoms with E-state index in [0.29, 0.717) is 16.6 Å². The van der Waals surface area contributed by atoms with E-state index in [4.69, 9.17) is 34.7 Å². The molecule has 1 aromatic rings. The molecule has 0 aliphatic heterocycles. The third-order valence-corrected chi connectivity index (χ3v) is 2.93. The Morgan fingerprint density at radius 3 is 2.12 bits per heavy atom. The van der Waals surface area contributed by atoms with Gasteiger partial charge in [0.25, 0.3) is 0 Å². The van der Waals surface area contributed by atoms with Gasteiger partial charge in [0, 0.05) is 15.5 Å². The molecule has 0 aliphatic rings. The molecule has 17 heavy (non-hydrogen) atoms. The van der Waals surface area contributed by atoms with Crippen LogP contribution in [0.25, 0.3) is 0 Å². The number of guanidine groups is 1. The second-order valence-electron chi connectivity index (χ2n) is 4.22. The first-order chi connectivity index (χ1) is 7.34. The Morgan fingerprint density at radius 2 is 1.71 bits per heavy atom. The van der Waals surface area contributed by atoms with Gasteiger partial charge in [-0.25, -0.2) is 0 Å². The van der Waals surface area contributed by atoms with Crippen molar-refractivity contribution in [3.63, 3.8) is 0 Å². The molecule has 0 atom stereocenters. The van der Waals surface area contributed by atoms with Gasteiger partial charge in [0.1, 0.15) is 0 Å². The first-order valence-corrected chi connectivity index (χ1v) is 5.60. The van der Waals surface area contributed by atoms with Crippen molar-refractivity contribution >= 4 is 53.1 Å². The van der Waals surface area contributed by atoms with Gasteiger partial charge in [-0.15, -0.1) is 24.0 Å². The highest BCUT2D eigenvalue weighted by molar-refractivity contribution is 14.0. The molecule has 4 N–H and O–H groups in total. The van der Waals surface area contributed by atoms with E-state index in [9.17, 15) is 0 Å². The third kappa shape index (κ3) is 4.52. The molecule has 0 radical (unpaired) electrons. The smallest absolute Gasteiger partial charge is 0.185 e. The Morgan fingerprint density at radius 1 is 1.24 bits per heavy atom. The summed E-state index contributed by atoms with van der Waals surface area (Å²) in [7, 11) is 0. The summed E-state index contributed by atoms with van der Waals surface area (Å²) >= 11 is 12.3. The minimum atomic E-state index is -0.306. The first kappa shape index (κ1) is 16.8. The SMILES string of the molecule is CC(C)(CN=C(N)N)c1c(Cl)cccc1Cl.I. The lowest BCUT2D eigenvalue weighted by molar-refractivity contribution is 0.540. The van der Waals surface area contributed by atoms with Gasteiger partial charge in [0.2, 0.25) is 0 Å². The molecular formula is C11H16Cl2IN3. The summed E-state index contributed by atoms with van der Waals surface area (Å²) in [5, 5.41) is 1.26. The summed E-state index contributed by atoms with van der Waals surface area (Å²) in [6.45, 7) is 4.43. The molecule has 96 valence electrons. The van der Waals surface area contributed by atoms with Crippen LogP contribution in [0.4, 0.5) is 0 Å². The van der Waals surface area contributed by atoms with Crippen LogP contribution in [0.2, 0.25) is 10.0 Å². The molecule has 1 aromatic carbocycles. The van der Waals surface area contributed by atoms with Crippen LogP contribution in [0, 0.1) is 0 Å². The predicted octanol–water partition coefficient (Wildman–Crippen LogP) is 3.16. The zero-order chi connectivity index (χ0) is 12.3. The molecule has 1 rings (SSSR count). The summed E-state index contributed by atoms with van der Waals surface area (Å²) in [6.07, 6.45) is 0. The molecule has 3 nitrogen and oxygen atoms in total. The number of nitrogens with two attached hydrogens (primary N) is 2. The van der Waals surface area contributed by atoms with Crippen molar-refractivity contribution in [2.45, 2.75) is 19.3 Å². The van der Waals surface area contributed by atoms with Crippen molar-refractivity contribution in [2.24, 2.45) is 16.5 Å². The van der Waals surface area contributed by atoms with E-state index in [2.05, 4.69) is 4.99 Å². The number of nitrogens with zero attached hydrogens (tertiary/aromatic N) is 1. The Balaban J connectivity index is 0.00000256. The summed E-state index contributed by atoms with van der Waals surface area (Å²) in [5.41, 5.74) is 11.2. The summed E-state index contributed by atoms with van der Waals surface area (Å²) in [5.74, 6) is 0.0660. The fourth-order valence-electron chi connectivity index (χ4n) is 1.51. The average Bonchev–Trinajstić information content (AvgIpc) is 2.14. The molecule has 0 aromatic heterocycles. The van der Waals surface area contributed by atoms with E-state index in [-0.39, 0.29) is 35.4 Å². The number of hydrogen-bond donors (Lipinski definition) is 2. The summed E-state index contributed by atoms with van der Waals surface area (Å²) in [6, 6.07) is 5.42. The second-order valence-corrected chi connectivity index (χ2v) is 5.04. The highest BCUT2D eigenvalue weighted by Crippen LogP contribution is 2.35. The largest absolute Gasteiger partial charge is 0.370 e. The lowest BCUT2D eigenvalue weighted by atomic mass is 9.84. The Labute approximate surface area is 129 Å². The van der Waals surface area contributed by atoms with Crippen LogP contribution >= 0.6 is 47.2 Å². The highest BCUT2D eigenvalue weighted by atomic mass is 127. The van der Waals surface area contributed by atoms with Gasteiger partial charge in [-0.05, 0) is 17.7 Å². The van der Waals surface area contributed by atoms with Crippen LogP contribution in [0.1, 0.15) is 19.4 Å². The van der Waals surface area contributed by atoms with Crippen molar-refractivity contribution in [1.82, 2.24) is 0 Å². The molecule has 0 spiro atoms. The molecule has 6 heteroatoms. The normalized spacial score (nSPS) is 10.6. The fraction of sp³-hybridized carbons (Fsp3) is 0.364. The molecular weight excluding hydrogens is 372 g/mol. The van der Waals surface area contributed by atoms with Crippen LogP contribution in [-0.4, -0.2) is 12.5 Å². The highest BCUT2D eigenvalue weighted by Gasteiger charge is 2.25. The van der Waals surface area contributed by atoms with Crippen molar-refractivity contribution < 1.29 is 0 Å². The van der Waals surface area contributed by atoms with Crippen LogP contribution in [-0.2, 0) is 5.41 Å². The van der Waals surface area contributed by atoms with Gasteiger partial charge in [0.05, 0.1) is 6.54 Å². The molecule has 0 aliphatic carbocycles. The number of hydrogen-bond acceptors (Lipinski definition) is 1. The Bertz CT molecular complexity index is 395. The molecule has 0 bridgehead atoms. The van der Waals surface area contributed by atoms with Crippen molar-refractivity contribution in [3.8, 4) is 0 Å². The monoisotopic (exact) mass is 387 g/mol. The van der Waals surface area contributed by atoms with Gasteiger partial charge < -0.3 is 11.5 Å². The molecule has 0 unspecified atom stereocenters. The van der Waals surface area contributed by atoms with Crippen molar-refractivity contribution in [3.05, 3.63) is 33.8 Å². The van der Waals surface area contributed by atoms with E-state index in [1.54, 1.807) is 12.1 Å². The van der Waals surface area contributed by atoms with Crippen LogP contribution in [0.5, 0.6) is 0 Å². The van der Waals surface area contributed by atoms with E-state index >= 15 is 0 Å². The fourth-order valence-corrected chi connectivity index (χ4v) is 2.42. The van der Waals surface area contributed by atoms with E-state index < -0.39 is 0 Å².